The number of amides is 7. The molecule has 5 aliphatic heterocycles. The molecular formula is C65H61F2N13O15. The minimum Gasteiger partial charge on any atom is -0.496 e. The van der Waals surface area contributed by atoms with Crippen LogP contribution >= 0.6 is 0 Å². The first kappa shape index (κ1) is 64.8. The van der Waals surface area contributed by atoms with Crippen LogP contribution in [0.15, 0.2) is 103 Å². The Balaban J connectivity index is 0.000000129. The summed E-state index contributed by atoms with van der Waals surface area (Å²) in [6.07, 6.45) is 8.22. The van der Waals surface area contributed by atoms with E-state index in [9.17, 15) is 57.2 Å². The summed E-state index contributed by atoms with van der Waals surface area (Å²) < 4.78 is 53.0. The van der Waals surface area contributed by atoms with Crippen LogP contribution in [-0.2, 0) is 19.2 Å². The summed E-state index contributed by atoms with van der Waals surface area (Å²) in [5.74, 6) is -0.581. The van der Waals surface area contributed by atoms with Gasteiger partial charge in [-0.15, -0.1) is 4.91 Å². The number of nitrogens with two attached hydrogens (primary N) is 1. The van der Waals surface area contributed by atoms with Crippen LogP contribution in [0, 0.1) is 4.91 Å². The van der Waals surface area contributed by atoms with Crippen LogP contribution in [-0.4, -0.2) is 148 Å². The zero-order chi connectivity index (χ0) is 67.0. The van der Waals surface area contributed by atoms with Crippen molar-refractivity contribution >= 4 is 113 Å². The van der Waals surface area contributed by atoms with Crippen molar-refractivity contribution in [1.29, 1.82) is 0 Å². The Morgan fingerprint density at radius 3 is 1.49 bits per heavy atom. The highest BCUT2D eigenvalue weighted by molar-refractivity contribution is 6.23. The van der Waals surface area contributed by atoms with Gasteiger partial charge in [0.1, 0.15) is 37.1 Å². The van der Waals surface area contributed by atoms with E-state index in [0.29, 0.717) is 124 Å². The standard InChI is InChI=1S/C17H16F2N2O4.C16H14N4O4.C16H18N4O3.C16H13N3O4/c1-24-13-7-11-9(6-12(13)15(23)16(18)19)4-5-20-17(11)25-8-10-2-3-14(22)21-10;21-13-2-1-9(18-13)7-24-16-10-6-11-12(5-8(10)3-4-17-16)19-15(22)14(11)20-23;1-23-13-7-11-9(6-12(13)15(17)22)4-5-18-16(11)19-8-10-2-3-14(21)20-10;20-13-2-1-9(18-13)7-23-16-10-6-12-11(14(21)19-15(12)22)5-8(10)3-4-17-16/h4-7,10,16H,2-3,8H2,1H3,(H,21,22);3-6,9,19,22H,1-2,7H2,(H,18,21);4-7,10H,2-3,8H2,1H3,(H2,17,22)(H,18,19)(H,20,21);3-6,9H,1-2,7H2,(H,18,20)(H,19,21,22). The minimum absolute atomic E-state index is 0.0173. The van der Waals surface area contributed by atoms with Crippen molar-refractivity contribution in [2.75, 3.05) is 45.9 Å². The van der Waals surface area contributed by atoms with Crippen LogP contribution in [0.1, 0.15) is 92.8 Å². The lowest BCUT2D eigenvalue weighted by Gasteiger charge is -2.14. The first-order chi connectivity index (χ1) is 45.8. The van der Waals surface area contributed by atoms with Crippen molar-refractivity contribution < 1.29 is 75.9 Å². The maximum Gasteiger partial charge on any atom is 0.300 e. The van der Waals surface area contributed by atoms with Gasteiger partial charge < -0.3 is 66.1 Å². The molecule has 5 aliphatic rings. The molecule has 4 saturated heterocycles. The summed E-state index contributed by atoms with van der Waals surface area (Å²) in [7, 11) is 2.79. The van der Waals surface area contributed by atoms with Crippen molar-refractivity contribution in [1.82, 2.24) is 51.5 Å². The molecule has 0 aliphatic carbocycles. The second-order valence-corrected chi connectivity index (χ2v) is 22.5. The van der Waals surface area contributed by atoms with E-state index < -0.39 is 24.0 Å². The van der Waals surface area contributed by atoms with Crippen molar-refractivity contribution in [3.8, 4) is 35.0 Å². The molecule has 4 fully saturated rings. The lowest BCUT2D eigenvalue weighted by Crippen LogP contribution is -2.32. The third kappa shape index (κ3) is 14.6. The summed E-state index contributed by atoms with van der Waals surface area (Å²) in [4.78, 5) is 122. The largest absolute Gasteiger partial charge is 0.496 e. The molecule has 0 saturated carbocycles. The maximum absolute atomic E-state index is 12.8. The molecule has 10 N–H and O–H groups in total. The quantitative estimate of drug-likeness (QED) is 0.0247. The average molecular weight is 1300 g/mol. The Morgan fingerprint density at radius 2 is 1.01 bits per heavy atom. The number of aromatic nitrogens is 5. The second kappa shape index (κ2) is 28.4. The summed E-state index contributed by atoms with van der Waals surface area (Å²) in [5, 5.41) is 35.7. The highest BCUT2D eigenvalue weighted by Crippen LogP contribution is 2.39. The molecule has 28 nitrogen and oxygen atoms in total. The highest BCUT2D eigenvalue weighted by atomic mass is 19.3. The van der Waals surface area contributed by atoms with Gasteiger partial charge in [0.05, 0.1) is 60.1 Å². The molecule has 490 valence electrons. The molecule has 95 heavy (non-hydrogen) atoms. The molecule has 4 atom stereocenters. The number of aromatic hydroxyl groups is 1. The Kier molecular flexibility index (Phi) is 19.4. The Bertz CT molecular complexity index is 4570. The minimum atomic E-state index is -3.12. The van der Waals surface area contributed by atoms with Gasteiger partial charge in [0.15, 0.2) is 5.69 Å². The molecule has 0 radical (unpaired) electrons. The fraction of sp³-hybridized carbons (Fsp3) is 0.292. The Morgan fingerprint density at radius 1 is 0.579 bits per heavy atom. The molecule has 4 unspecified atom stereocenters. The number of alkyl halides is 2. The fourth-order valence-electron chi connectivity index (χ4n) is 11.4. The van der Waals surface area contributed by atoms with Gasteiger partial charge in [0, 0.05) is 90.0 Å². The number of primary amides is 1. The summed E-state index contributed by atoms with van der Waals surface area (Å²) in [6.45, 7) is 1.49. The molecule has 4 aromatic carbocycles. The number of carbonyl (C=O) groups is 8. The van der Waals surface area contributed by atoms with Crippen LogP contribution in [0.5, 0.6) is 35.0 Å². The number of Topliss-reactive ketones (excluding diaryl/α,β-unsaturated/α-hetero) is 1. The first-order valence-electron chi connectivity index (χ1n) is 30.0. The van der Waals surface area contributed by atoms with Crippen LogP contribution in [0.2, 0.25) is 0 Å². The first-order valence-corrected chi connectivity index (χ1v) is 30.0. The smallest absolute Gasteiger partial charge is 0.300 e. The number of aromatic amines is 1. The number of rotatable bonds is 18. The third-order valence-electron chi connectivity index (χ3n) is 16.3. The number of carbonyl (C=O) groups excluding carboxylic acids is 8. The van der Waals surface area contributed by atoms with Crippen LogP contribution in [0.3, 0.4) is 0 Å². The van der Waals surface area contributed by atoms with Crippen molar-refractivity contribution in [3.63, 3.8) is 0 Å². The van der Waals surface area contributed by atoms with Gasteiger partial charge in [-0.2, -0.15) is 0 Å². The van der Waals surface area contributed by atoms with E-state index >= 15 is 0 Å². The van der Waals surface area contributed by atoms with Crippen molar-refractivity contribution in [3.05, 3.63) is 125 Å². The van der Waals surface area contributed by atoms with Crippen molar-refractivity contribution in [2.45, 2.75) is 82.0 Å². The number of ether oxygens (including phenoxy) is 5. The molecule has 0 spiro atoms. The van der Waals surface area contributed by atoms with Gasteiger partial charge in [-0.25, -0.2) is 28.7 Å². The van der Waals surface area contributed by atoms with E-state index in [-0.39, 0.29) is 89.1 Å². The van der Waals surface area contributed by atoms with E-state index in [1.54, 1.807) is 67.1 Å². The average Bonchev–Trinajstić information content (AvgIpc) is 1.73. The third-order valence-corrected chi connectivity index (χ3v) is 16.3. The second-order valence-electron chi connectivity index (χ2n) is 22.5. The number of H-pyrrole nitrogens is 1. The van der Waals surface area contributed by atoms with Gasteiger partial charge >= 0.3 is 6.43 Å². The van der Waals surface area contributed by atoms with Gasteiger partial charge in [-0.3, -0.25) is 43.7 Å². The Hall–Kier alpha value is -11.7. The SMILES string of the molecule is COc1cc2c(NCC3CCC(=O)N3)nccc2cc1C(N)=O.COc1cc2c(OCC3CCC(=O)N3)nccc2cc1C(=O)C(F)F.O=C1CCC(COc2nccc3cc4c(cc23)C(=O)NC4=O)N1.O=Nc1c(O)[nH]c2cc3ccnc(OCC4CCC(=O)N4)c3cc12. The number of anilines is 1. The summed E-state index contributed by atoms with van der Waals surface area (Å²) >= 11 is 0. The molecule has 9 aromatic rings. The predicted molar refractivity (Wildman–Crippen MR) is 339 cm³/mol. The van der Waals surface area contributed by atoms with Crippen LogP contribution < -0.4 is 61.3 Å². The fourth-order valence-corrected chi connectivity index (χ4v) is 11.4. The number of methoxy groups -OCH3 is 2. The number of hydrogen-bond acceptors (Lipinski definition) is 21. The normalized spacial score (nSPS) is 17.7. The highest BCUT2D eigenvalue weighted by Gasteiger charge is 2.30. The number of ketones is 1. The van der Waals surface area contributed by atoms with Gasteiger partial charge in [-0.1, -0.05) is 0 Å². The number of nitroso groups, excluding NO2 is 1. The zero-order valence-electron chi connectivity index (χ0n) is 50.8. The molecule has 7 amide bonds. The molecule has 5 aromatic heterocycles. The Labute approximate surface area is 536 Å². The molecule has 30 heteroatoms. The number of fused-ring (bicyclic) bond motifs is 6. The van der Waals surface area contributed by atoms with Gasteiger partial charge in [-0.05, 0) is 125 Å². The maximum atomic E-state index is 12.8. The molecular weight excluding hydrogens is 1240 g/mol. The van der Waals surface area contributed by atoms with Crippen LogP contribution in [0.4, 0.5) is 20.3 Å². The number of halogens is 2. The summed E-state index contributed by atoms with van der Waals surface area (Å²) in [5.41, 5.74) is 6.79. The number of hydrogen-bond donors (Lipinski definition) is 9. The number of nitrogens with zero attached hydrogens (tertiary/aromatic N) is 5. The summed E-state index contributed by atoms with van der Waals surface area (Å²) in [6, 6.07) is 20.0. The zero-order valence-corrected chi connectivity index (χ0v) is 50.8. The lowest BCUT2D eigenvalue weighted by atomic mass is 10.0. The van der Waals surface area contributed by atoms with E-state index in [0.717, 1.165) is 40.8 Å². The lowest BCUT2D eigenvalue weighted by molar-refractivity contribution is -0.120. The number of imide groups is 1. The van der Waals surface area contributed by atoms with Crippen LogP contribution in [0.25, 0.3) is 54.0 Å². The van der Waals surface area contributed by atoms with E-state index in [1.165, 1.54) is 32.5 Å². The van der Waals surface area contributed by atoms with Gasteiger partial charge in [0.25, 0.3) is 17.7 Å². The molecule has 10 heterocycles. The van der Waals surface area contributed by atoms with E-state index in [4.69, 9.17) is 29.4 Å². The number of benzene rings is 4. The monoisotopic (exact) mass is 1300 g/mol. The topological polar surface area (TPSA) is 398 Å². The van der Waals surface area contributed by atoms with Crippen molar-refractivity contribution in [2.24, 2.45) is 10.9 Å². The van der Waals surface area contributed by atoms with E-state index in [1.807, 2.05) is 12.1 Å². The van der Waals surface area contributed by atoms with Gasteiger partial charge in [0.2, 0.25) is 52.9 Å². The number of pyridine rings is 4. The van der Waals surface area contributed by atoms with E-state index in [2.05, 4.69) is 62.0 Å². The predicted octanol–water partition coefficient (Wildman–Crippen LogP) is 6.63. The molecule has 14 rings (SSSR count). The number of nitrogens with one attached hydrogen (secondary N) is 7. The molecule has 0 bridgehead atoms.